The molecule has 0 saturated carbocycles. The molecule has 104 valence electrons. The summed E-state index contributed by atoms with van der Waals surface area (Å²) >= 11 is 0.852. The number of hydrogen-bond acceptors (Lipinski definition) is 7. The molecule has 0 atom stereocenters. The van der Waals surface area contributed by atoms with E-state index in [1.165, 1.54) is 13.8 Å². The highest BCUT2D eigenvalue weighted by molar-refractivity contribution is 7.92. The summed E-state index contributed by atoms with van der Waals surface area (Å²) < 4.78 is 48.4. The Hall–Kier alpha value is -0.710. The van der Waals surface area contributed by atoms with Gasteiger partial charge in [-0.05, 0) is 6.92 Å². The van der Waals surface area contributed by atoms with Gasteiger partial charge >= 0.3 is 0 Å². The number of nitrogens with zero attached hydrogens (tertiary/aromatic N) is 1. The smallest absolute Gasteiger partial charge is 0.252 e. The molecular weight excluding hydrogens is 298 g/mol. The molecule has 0 unspecified atom stereocenters. The molecule has 0 amide bonds. The van der Waals surface area contributed by atoms with Gasteiger partial charge in [-0.2, -0.15) is 0 Å². The van der Waals surface area contributed by atoms with E-state index in [1.54, 1.807) is 0 Å². The van der Waals surface area contributed by atoms with Crippen LogP contribution in [0.4, 0.5) is 5.13 Å². The Bertz CT molecular complexity index is 618. The molecule has 7 nitrogen and oxygen atoms in total. The third-order valence-electron chi connectivity index (χ3n) is 2.16. The number of nitrogens with one attached hydrogen (secondary N) is 1. The lowest BCUT2D eigenvalue weighted by Gasteiger charge is -2.05. The number of anilines is 1. The van der Waals surface area contributed by atoms with Crippen molar-refractivity contribution in [3.05, 3.63) is 5.69 Å². The second kappa shape index (κ2) is 5.51. The summed E-state index contributed by atoms with van der Waals surface area (Å²) in [6.07, 6.45) is 0. The molecule has 0 aliphatic rings. The molecule has 3 N–H and O–H groups in total. The minimum absolute atomic E-state index is 0.0126. The van der Waals surface area contributed by atoms with Gasteiger partial charge in [-0.1, -0.05) is 18.3 Å². The molecule has 18 heavy (non-hydrogen) atoms. The maximum Gasteiger partial charge on any atom is 0.252 e. The van der Waals surface area contributed by atoms with E-state index >= 15 is 0 Å². The molecule has 0 aliphatic heterocycles. The number of nitrogens with two attached hydrogens (primary N) is 1. The van der Waals surface area contributed by atoms with Crippen LogP contribution < -0.4 is 10.5 Å². The van der Waals surface area contributed by atoms with Gasteiger partial charge in [0.05, 0.1) is 11.4 Å². The minimum Gasteiger partial charge on any atom is -0.375 e. The quantitative estimate of drug-likeness (QED) is 0.747. The summed E-state index contributed by atoms with van der Waals surface area (Å²) in [4.78, 5) is 3.81. The first-order chi connectivity index (χ1) is 8.18. The third-order valence-corrected chi connectivity index (χ3v) is 6.92. The van der Waals surface area contributed by atoms with Crippen LogP contribution in [0.3, 0.4) is 0 Å². The van der Waals surface area contributed by atoms with Gasteiger partial charge in [-0.25, -0.2) is 26.5 Å². The number of sulfone groups is 1. The number of rotatable bonds is 6. The van der Waals surface area contributed by atoms with Crippen LogP contribution in [0.5, 0.6) is 0 Å². The van der Waals surface area contributed by atoms with E-state index in [4.69, 9.17) is 5.73 Å². The Morgan fingerprint density at radius 2 is 1.94 bits per heavy atom. The maximum atomic E-state index is 11.8. The third kappa shape index (κ3) is 3.90. The fourth-order valence-electron chi connectivity index (χ4n) is 1.19. The van der Waals surface area contributed by atoms with Gasteiger partial charge in [0.2, 0.25) is 0 Å². The van der Waals surface area contributed by atoms with Crippen LogP contribution in [0, 0.1) is 6.92 Å². The molecule has 1 aromatic rings. The number of aromatic nitrogens is 1. The topological polar surface area (TPSA) is 119 Å². The molecule has 1 heterocycles. The lowest BCUT2D eigenvalue weighted by atomic mass is 10.6. The predicted octanol–water partition coefficient (Wildman–Crippen LogP) is -0.253. The number of hydrogen-bond donors (Lipinski definition) is 2. The number of thiazole rings is 1. The van der Waals surface area contributed by atoms with Gasteiger partial charge in [0.25, 0.3) is 10.0 Å². The van der Waals surface area contributed by atoms with Crippen molar-refractivity contribution in [2.45, 2.75) is 18.1 Å². The highest BCUT2D eigenvalue weighted by atomic mass is 32.2. The zero-order valence-corrected chi connectivity index (χ0v) is 12.5. The van der Waals surface area contributed by atoms with E-state index in [1.807, 2.05) is 0 Å². The molecule has 0 saturated heterocycles. The molecule has 0 fully saturated rings. The molecule has 1 aromatic heterocycles. The van der Waals surface area contributed by atoms with Crippen LogP contribution in [0.15, 0.2) is 4.21 Å². The predicted molar refractivity (Wildman–Crippen MR) is 70.8 cm³/mol. The van der Waals surface area contributed by atoms with Gasteiger partial charge in [0.1, 0.15) is 0 Å². The first kappa shape index (κ1) is 15.3. The number of aryl methyl sites for hydroxylation is 1. The monoisotopic (exact) mass is 313 g/mol. The summed E-state index contributed by atoms with van der Waals surface area (Å²) in [5.41, 5.74) is 5.72. The number of sulfonamides is 1. The Balaban J connectivity index is 2.76. The van der Waals surface area contributed by atoms with Crippen molar-refractivity contribution >= 4 is 36.3 Å². The molecule has 0 spiro atoms. The summed E-state index contributed by atoms with van der Waals surface area (Å²) in [6, 6.07) is 0. The van der Waals surface area contributed by atoms with Crippen LogP contribution in [0.2, 0.25) is 0 Å². The maximum absolute atomic E-state index is 11.8. The van der Waals surface area contributed by atoms with Gasteiger partial charge in [-0.15, -0.1) is 0 Å². The Kier molecular flexibility index (Phi) is 4.70. The van der Waals surface area contributed by atoms with E-state index in [0.29, 0.717) is 5.69 Å². The molecule has 0 aliphatic carbocycles. The lowest BCUT2D eigenvalue weighted by molar-refractivity contribution is 0.582. The summed E-state index contributed by atoms with van der Waals surface area (Å²) in [5.74, 6) is -0.239. The SMILES string of the molecule is CCS(=O)(=O)CCNS(=O)(=O)c1sc(N)nc1C. The molecule has 0 bridgehead atoms. The van der Waals surface area contributed by atoms with Crippen LogP contribution >= 0.6 is 11.3 Å². The van der Waals surface area contributed by atoms with Gasteiger partial charge < -0.3 is 5.73 Å². The summed E-state index contributed by atoms with van der Waals surface area (Å²) in [6.45, 7) is 2.89. The molecule has 0 aromatic carbocycles. The van der Waals surface area contributed by atoms with E-state index < -0.39 is 19.9 Å². The van der Waals surface area contributed by atoms with Gasteiger partial charge in [0, 0.05) is 12.3 Å². The minimum atomic E-state index is -3.74. The summed E-state index contributed by atoms with van der Waals surface area (Å²) in [7, 11) is -6.93. The van der Waals surface area contributed by atoms with Gasteiger partial charge in [-0.3, -0.25) is 0 Å². The van der Waals surface area contributed by atoms with Crippen LogP contribution in [0.1, 0.15) is 12.6 Å². The standard InChI is InChI=1S/C8H15N3O4S3/c1-3-17(12,13)5-4-10-18(14,15)7-6(2)11-8(9)16-7/h10H,3-5H2,1-2H3,(H2,9,11). The zero-order chi connectivity index (χ0) is 14.0. The first-order valence-electron chi connectivity index (χ1n) is 5.11. The Morgan fingerprint density at radius 1 is 1.33 bits per heavy atom. The molecule has 1 rings (SSSR count). The second-order valence-corrected chi connectivity index (χ2v) is 9.02. The van der Waals surface area contributed by atoms with Crippen molar-refractivity contribution < 1.29 is 16.8 Å². The van der Waals surface area contributed by atoms with Crippen LogP contribution in [-0.2, 0) is 19.9 Å². The van der Waals surface area contributed by atoms with Crippen LogP contribution in [0.25, 0.3) is 0 Å². The fraction of sp³-hybridized carbons (Fsp3) is 0.625. The van der Waals surface area contributed by atoms with E-state index in [2.05, 4.69) is 9.71 Å². The molecule has 10 heteroatoms. The Labute approximate surface area is 110 Å². The largest absolute Gasteiger partial charge is 0.375 e. The lowest BCUT2D eigenvalue weighted by Crippen LogP contribution is -2.29. The van der Waals surface area contributed by atoms with Crippen molar-refractivity contribution in [1.82, 2.24) is 9.71 Å². The van der Waals surface area contributed by atoms with Gasteiger partial charge in [0.15, 0.2) is 19.2 Å². The average molecular weight is 313 g/mol. The summed E-state index contributed by atoms with van der Waals surface area (Å²) in [5, 5.41) is 0.161. The average Bonchev–Trinajstić information content (AvgIpc) is 2.58. The molecule has 0 radical (unpaired) electrons. The van der Waals surface area contributed by atoms with E-state index in [0.717, 1.165) is 11.3 Å². The van der Waals surface area contributed by atoms with Crippen molar-refractivity contribution in [2.75, 3.05) is 23.8 Å². The second-order valence-electron chi connectivity index (χ2n) is 3.56. The zero-order valence-electron chi connectivity index (χ0n) is 10.0. The normalized spacial score (nSPS) is 12.8. The van der Waals surface area contributed by atoms with Crippen LogP contribution in [-0.4, -0.2) is 39.9 Å². The van der Waals surface area contributed by atoms with E-state index in [-0.39, 0.29) is 27.4 Å². The first-order valence-corrected chi connectivity index (χ1v) is 9.23. The van der Waals surface area contributed by atoms with E-state index in [9.17, 15) is 16.8 Å². The number of nitrogen functional groups attached to an aromatic ring is 1. The fourth-order valence-corrected chi connectivity index (χ4v) is 4.40. The Morgan fingerprint density at radius 3 is 2.39 bits per heavy atom. The highest BCUT2D eigenvalue weighted by Crippen LogP contribution is 2.24. The molecular formula is C8H15N3O4S3. The highest BCUT2D eigenvalue weighted by Gasteiger charge is 2.21. The van der Waals surface area contributed by atoms with Crippen molar-refractivity contribution in [1.29, 1.82) is 0 Å². The van der Waals surface area contributed by atoms with Crippen molar-refractivity contribution in [3.8, 4) is 0 Å². The van der Waals surface area contributed by atoms with Crippen molar-refractivity contribution in [3.63, 3.8) is 0 Å². The van der Waals surface area contributed by atoms with Crippen molar-refractivity contribution in [2.24, 2.45) is 0 Å².